The van der Waals surface area contributed by atoms with E-state index in [4.69, 9.17) is 0 Å². The zero-order valence-corrected chi connectivity index (χ0v) is 14.2. The Morgan fingerprint density at radius 2 is 1.35 bits per heavy atom. The van der Waals surface area contributed by atoms with Gasteiger partial charge in [0, 0.05) is 0 Å². The monoisotopic (exact) mass is 276 g/mol. The lowest BCUT2D eigenvalue weighted by Crippen LogP contribution is -2.36. The van der Waals surface area contributed by atoms with Gasteiger partial charge in [0.25, 0.3) is 0 Å². The van der Waals surface area contributed by atoms with Crippen molar-refractivity contribution >= 4 is 0 Å². The van der Waals surface area contributed by atoms with Gasteiger partial charge in [0.15, 0.2) is 0 Å². The van der Waals surface area contributed by atoms with E-state index in [0.29, 0.717) is 5.41 Å². The predicted octanol–water partition coefficient (Wildman–Crippen LogP) is 6.45. The molecular formula is C20H36. The molecule has 20 heavy (non-hydrogen) atoms. The van der Waals surface area contributed by atoms with Crippen molar-refractivity contribution < 1.29 is 0 Å². The largest absolute Gasteiger partial charge is 0.0648 e. The molecule has 0 aromatic heterocycles. The van der Waals surface area contributed by atoms with Crippen LogP contribution in [0, 0.1) is 35.0 Å². The summed E-state index contributed by atoms with van der Waals surface area (Å²) in [5.41, 5.74) is 0.664. The lowest BCUT2D eigenvalue weighted by molar-refractivity contribution is 0.0478. The van der Waals surface area contributed by atoms with Gasteiger partial charge in [-0.25, -0.2) is 0 Å². The Kier molecular flexibility index (Phi) is 4.48. The van der Waals surface area contributed by atoms with Crippen molar-refractivity contribution in [2.75, 3.05) is 0 Å². The van der Waals surface area contributed by atoms with E-state index in [2.05, 4.69) is 20.8 Å². The average Bonchev–Trinajstić information content (AvgIpc) is 2.91. The quantitative estimate of drug-likeness (QED) is 0.556. The molecule has 3 fully saturated rings. The van der Waals surface area contributed by atoms with Crippen molar-refractivity contribution in [2.24, 2.45) is 35.0 Å². The van der Waals surface area contributed by atoms with E-state index in [1.807, 2.05) is 0 Å². The highest BCUT2D eigenvalue weighted by atomic mass is 14.5. The number of hydrogen-bond acceptors (Lipinski definition) is 0. The molecule has 3 atom stereocenters. The Bertz CT molecular complexity index is 298. The van der Waals surface area contributed by atoms with Crippen LogP contribution in [0.1, 0.15) is 91.4 Å². The normalized spacial score (nSPS) is 44.9. The molecule has 0 heterocycles. The van der Waals surface area contributed by atoms with E-state index in [1.165, 1.54) is 44.9 Å². The van der Waals surface area contributed by atoms with Crippen LogP contribution in [0.2, 0.25) is 0 Å². The molecule has 0 saturated heterocycles. The Hall–Kier alpha value is 0. The van der Waals surface area contributed by atoms with Crippen LogP contribution in [0.4, 0.5) is 0 Å². The predicted molar refractivity (Wildman–Crippen MR) is 87.7 cm³/mol. The van der Waals surface area contributed by atoms with Gasteiger partial charge in [-0.2, -0.15) is 0 Å². The van der Waals surface area contributed by atoms with Crippen molar-refractivity contribution in [3.8, 4) is 0 Å². The van der Waals surface area contributed by atoms with Gasteiger partial charge in [-0.3, -0.25) is 0 Å². The molecule has 3 unspecified atom stereocenters. The summed E-state index contributed by atoms with van der Waals surface area (Å²) in [5, 5.41) is 0. The van der Waals surface area contributed by atoms with Crippen molar-refractivity contribution in [1.29, 1.82) is 0 Å². The molecule has 0 radical (unpaired) electrons. The first-order chi connectivity index (χ1) is 9.63. The highest BCUT2D eigenvalue weighted by Crippen LogP contribution is 2.56. The molecule has 3 aliphatic carbocycles. The summed E-state index contributed by atoms with van der Waals surface area (Å²) in [6.07, 6.45) is 16.8. The van der Waals surface area contributed by atoms with Gasteiger partial charge in [-0.05, 0) is 60.7 Å². The summed E-state index contributed by atoms with van der Waals surface area (Å²) in [5.74, 6) is 5.32. The molecule has 3 rings (SSSR count). The summed E-state index contributed by atoms with van der Waals surface area (Å²) in [7, 11) is 0. The van der Waals surface area contributed by atoms with Crippen LogP contribution in [0.3, 0.4) is 0 Å². The summed E-state index contributed by atoms with van der Waals surface area (Å²) in [4.78, 5) is 0. The topological polar surface area (TPSA) is 0 Å². The summed E-state index contributed by atoms with van der Waals surface area (Å²) in [6, 6.07) is 0. The fourth-order valence-corrected chi connectivity index (χ4v) is 6.10. The molecule has 0 N–H and O–H groups in total. The summed E-state index contributed by atoms with van der Waals surface area (Å²) >= 11 is 0. The van der Waals surface area contributed by atoms with Crippen LogP contribution in [0.5, 0.6) is 0 Å². The van der Waals surface area contributed by atoms with Gasteiger partial charge < -0.3 is 0 Å². The lowest BCUT2D eigenvalue weighted by Gasteiger charge is -2.45. The number of rotatable bonds is 3. The first kappa shape index (κ1) is 14.9. The second-order valence-electron chi connectivity index (χ2n) is 8.79. The van der Waals surface area contributed by atoms with Crippen LogP contribution in [-0.4, -0.2) is 0 Å². The van der Waals surface area contributed by atoms with Gasteiger partial charge in [0.2, 0.25) is 0 Å². The van der Waals surface area contributed by atoms with Crippen LogP contribution >= 0.6 is 0 Å². The minimum absolute atomic E-state index is 0.664. The van der Waals surface area contributed by atoms with Gasteiger partial charge in [0.05, 0.1) is 0 Å². The fraction of sp³-hybridized carbons (Fsp3) is 1.00. The minimum Gasteiger partial charge on any atom is -0.0648 e. The molecule has 3 saturated carbocycles. The lowest BCUT2D eigenvalue weighted by atomic mass is 9.60. The Balaban J connectivity index is 1.69. The molecule has 3 aliphatic rings. The molecule has 0 nitrogen and oxygen atoms in total. The third-order valence-electron chi connectivity index (χ3n) is 7.88. The second kappa shape index (κ2) is 6.01. The van der Waals surface area contributed by atoms with Gasteiger partial charge in [-0.15, -0.1) is 0 Å². The zero-order chi connectivity index (χ0) is 14.2. The molecule has 0 bridgehead atoms. The SMILES string of the molecule is CCC(C)(C1CCC(C)CC1)C1CC2CCCCC2C1. The Morgan fingerprint density at radius 3 is 1.85 bits per heavy atom. The second-order valence-corrected chi connectivity index (χ2v) is 8.79. The van der Waals surface area contributed by atoms with Gasteiger partial charge in [-0.1, -0.05) is 65.7 Å². The zero-order valence-electron chi connectivity index (χ0n) is 14.2. The fourth-order valence-electron chi connectivity index (χ4n) is 6.10. The number of fused-ring (bicyclic) bond motifs is 1. The third kappa shape index (κ3) is 2.69. The average molecular weight is 277 g/mol. The smallest absolute Gasteiger partial charge is 0.0272 e. The first-order valence-corrected chi connectivity index (χ1v) is 9.63. The third-order valence-corrected chi connectivity index (χ3v) is 7.88. The maximum atomic E-state index is 2.68. The Morgan fingerprint density at radius 1 is 0.800 bits per heavy atom. The van der Waals surface area contributed by atoms with Crippen LogP contribution < -0.4 is 0 Å². The molecule has 0 spiro atoms. The van der Waals surface area contributed by atoms with Crippen molar-refractivity contribution in [2.45, 2.75) is 91.4 Å². The first-order valence-electron chi connectivity index (χ1n) is 9.63. The minimum atomic E-state index is 0.664. The van der Waals surface area contributed by atoms with E-state index in [1.54, 1.807) is 25.7 Å². The van der Waals surface area contributed by atoms with Crippen molar-refractivity contribution in [3.05, 3.63) is 0 Å². The van der Waals surface area contributed by atoms with E-state index < -0.39 is 0 Å². The van der Waals surface area contributed by atoms with Crippen molar-refractivity contribution in [1.82, 2.24) is 0 Å². The van der Waals surface area contributed by atoms with Crippen LogP contribution in [0.15, 0.2) is 0 Å². The van der Waals surface area contributed by atoms with Gasteiger partial charge >= 0.3 is 0 Å². The van der Waals surface area contributed by atoms with Crippen LogP contribution in [0.25, 0.3) is 0 Å². The highest BCUT2D eigenvalue weighted by Gasteiger charge is 2.47. The van der Waals surface area contributed by atoms with E-state index >= 15 is 0 Å². The maximum Gasteiger partial charge on any atom is -0.0272 e. The standard InChI is InChI=1S/C20H36/c1-4-20(3,18-11-9-15(2)10-12-18)19-13-16-7-5-6-8-17(16)14-19/h15-19H,4-14H2,1-3H3. The molecular weight excluding hydrogens is 240 g/mol. The van der Waals surface area contributed by atoms with E-state index in [0.717, 1.165) is 29.6 Å². The molecule has 0 aromatic rings. The van der Waals surface area contributed by atoms with E-state index in [-0.39, 0.29) is 0 Å². The number of hydrogen-bond donors (Lipinski definition) is 0. The molecule has 116 valence electrons. The van der Waals surface area contributed by atoms with Crippen molar-refractivity contribution in [3.63, 3.8) is 0 Å². The van der Waals surface area contributed by atoms with Gasteiger partial charge in [0.1, 0.15) is 0 Å². The molecule has 0 heteroatoms. The Labute approximate surface area is 127 Å². The van der Waals surface area contributed by atoms with E-state index in [9.17, 15) is 0 Å². The highest BCUT2D eigenvalue weighted by molar-refractivity contribution is 4.97. The summed E-state index contributed by atoms with van der Waals surface area (Å²) in [6.45, 7) is 7.62. The molecule has 0 amide bonds. The summed E-state index contributed by atoms with van der Waals surface area (Å²) < 4.78 is 0. The van der Waals surface area contributed by atoms with Crippen LogP contribution in [-0.2, 0) is 0 Å². The molecule has 0 aromatic carbocycles. The maximum absolute atomic E-state index is 2.68. The molecule has 0 aliphatic heterocycles.